The summed E-state index contributed by atoms with van der Waals surface area (Å²) in [7, 11) is 0. The Balaban J connectivity index is 1.27. The molecule has 0 saturated carbocycles. The van der Waals surface area contributed by atoms with Gasteiger partial charge in [-0.1, -0.05) is 23.2 Å². The number of nitrogens with zero attached hydrogens (tertiary/aromatic N) is 4. The van der Waals surface area contributed by atoms with Crippen molar-refractivity contribution in [1.29, 1.82) is 0 Å². The van der Waals surface area contributed by atoms with Gasteiger partial charge in [0.1, 0.15) is 10.3 Å². The van der Waals surface area contributed by atoms with E-state index in [9.17, 15) is 9.59 Å². The van der Waals surface area contributed by atoms with E-state index in [4.69, 9.17) is 23.2 Å². The van der Waals surface area contributed by atoms with Gasteiger partial charge < -0.3 is 20.4 Å². The number of urea groups is 1. The van der Waals surface area contributed by atoms with Gasteiger partial charge in [-0.15, -0.1) is 0 Å². The summed E-state index contributed by atoms with van der Waals surface area (Å²) in [5.74, 6) is -0.241. The highest BCUT2D eigenvalue weighted by molar-refractivity contribution is 7.07. The number of rotatable bonds is 10. The molecule has 1 fully saturated rings. The zero-order valence-corrected chi connectivity index (χ0v) is 24.5. The van der Waals surface area contributed by atoms with Crippen LogP contribution in [0.15, 0.2) is 47.4 Å². The van der Waals surface area contributed by atoms with Crippen LogP contribution >= 0.6 is 34.5 Å². The SMILES string of the molecule is Cc1cc(Cl)nc(Cl)c1C(=O)NCC[C@@H](C)N1CCC(N(Cc2ccsc2)C(=O)NCc2ccncc2)CC1. The van der Waals surface area contributed by atoms with Gasteiger partial charge in [0.2, 0.25) is 0 Å². The van der Waals surface area contributed by atoms with Gasteiger partial charge in [0.25, 0.3) is 5.91 Å². The first-order valence-electron chi connectivity index (χ1n) is 13.1. The molecule has 1 aliphatic heterocycles. The Morgan fingerprint density at radius 3 is 2.56 bits per heavy atom. The molecule has 3 aromatic rings. The predicted octanol–water partition coefficient (Wildman–Crippen LogP) is 5.54. The lowest BCUT2D eigenvalue weighted by Gasteiger charge is -2.40. The van der Waals surface area contributed by atoms with Gasteiger partial charge in [-0.25, -0.2) is 9.78 Å². The fourth-order valence-corrected chi connectivity index (χ4v) is 6.18. The fraction of sp³-hybridized carbons (Fsp3) is 0.429. The molecule has 1 atom stereocenters. The van der Waals surface area contributed by atoms with Crippen LogP contribution in [0.3, 0.4) is 0 Å². The van der Waals surface area contributed by atoms with Crippen molar-refractivity contribution < 1.29 is 9.59 Å². The molecule has 39 heavy (non-hydrogen) atoms. The number of carbonyl (C=O) groups excluding carboxylic acids is 2. The zero-order valence-electron chi connectivity index (χ0n) is 22.2. The maximum atomic E-state index is 13.3. The van der Waals surface area contributed by atoms with Gasteiger partial charge in [0.15, 0.2) is 0 Å². The van der Waals surface area contributed by atoms with Gasteiger partial charge in [-0.05, 0) is 84.8 Å². The van der Waals surface area contributed by atoms with Gasteiger partial charge in [-0.2, -0.15) is 11.3 Å². The molecule has 8 nitrogen and oxygen atoms in total. The quantitative estimate of drug-likeness (QED) is 0.303. The smallest absolute Gasteiger partial charge is 0.318 e. The highest BCUT2D eigenvalue weighted by atomic mass is 35.5. The molecule has 208 valence electrons. The van der Waals surface area contributed by atoms with Crippen LogP contribution in [0.5, 0.6) is 0 Å². The summed E-state index contributed by atoms with van der Waals surface area (Å²) in [6, 6.07) is 7.94. The van der Waals surface area contributed by atoms with Crippen molar-refractivity contribution in [3.63, 3.8) is 0 Å². The molecule has 1 saturated heterocycles. The second-order valence-corrected chi connectivity index (χ2v) is 11.4. The maximum Gasteiger partial charge on any atom is 0.318 e. The van der Waals surface area contributed by atoms with Crippen molar-refractivity contribution in [2.45, 2.75) is 58.3 Å². The Morgan fingerprint density at radius 2 is 1.90 bits per heavy atom. The van der Waals surface area contributed by atoms with Crippen molar-refractivity contribution in [2.75, 3.05) is 19.6 Å². The van der Waals surface area contributed by atoms with E-state index < -0.39 is 0 Å². The van der Waals surface area contributed by atoms with E-state index in [-0.39, 0.29) is 34.3 Å². The Morgan fingerprint density at radius 1 is 1.15 bits per heavy atom. The van der Waals surface area contributed by atoms with Crippen LogP contribution < -0.4 is 10.6 Å². The van der Waals surface area contributed by atoms with Crippen LogP contribution in [0, 0.1) is 6.92 Å². The lowest BCUT2D eigenvalue weighted by molar-refractivity contribution is 0.0903. The fourth-order valence-electron chi connectivity index (χ4n) is 4.90. The molecule has 1 aliphatic rings. The number of likely N-dealkylation sites (tertiary alicyclic amines) is 1. The number of pyridine rings is 2. The van der Waals surface area contributed by atoms with E-state index in [1.165, 1.54) is 0 Å². The van der Waals surface area contributed by atoms with Gasteiger partial charge in [-0.3, -0.25) is 9.78 Å². The molecule has 0 bridgehead atoms. The molecule has 0 unspecified atom stereocenters. The lowest BCUT2D eigenvalue weighted by Crippen LogP contribution is -2.51. The van der Waals surface area contributed by atoms with Crippen LogP contribution in [0.2, 0.25) is 10.3 Å². The Labute approximate surface area is 243 Å². The highest BCUT2D eigenvalue weighted by Crippen LogP contribution is 2.23. The lowest BCUT2D eigenvalue weighted by atomic mass is 10.0. The second kappa shape index (κ2) is 14.1. The number of aromatic nitrogens is 2. The molecule has 3 aromatic heterocycles. The topological polar surface area (TPSA) is 90.5 Å². The minimum absolute atomic E-state index is 0.0436. The van der Waals surface area contributed by atoms with Crippen LogP contribution in [-0.4, -0.2) is 63.4 Å². The van der Waals surface area contributed by atoms with Crippen molar-refractivity contribution in [3.8, 4) is 0 Å². The average Bonchev–Trinajstić information content (AvgIpc) is 3.44. The van der Waals surface area contributed by atoms with E-state index in [0.29, 0.717) is 30.8 Å². The van der Waals surface area contributed by atoms with E-state index in [2.05, 4.69) is 43.9 Å². The average molecular weight is 590 g/mol. The molecule has 11 heteroatoms. The summed E-state index contributed by atoms with van der Waals surface area (Å²) >= 11 is 13.7. The largest absolute Gasteiger partial charge is 0.352 e. The minimum atomic E-state index is -0.241. The van der Waals surface area contributed by atoms with Gasteiger partial charge >= 0.3 is 6.03 Å². The van der Waals surface area contributed by atoms with E-state index in [1.807, 2.05) is 22.4 Å². The Hall–Kier alpha value is -2.72. The summed E-state index contributed by atoms with van der Waals surface area (Å²) < 4.78 is 0. The number of aryl methyl sites for hydroxylation is 1. The Kier molecular flexibility index (Phi) is 10.6. The number of piperidine rings is 1. The van der Waals surface area contributed by atoms with Gasteiger partial charge in [0, 0.05) is 57.2 Å². The molecule has 0 aromatic carbocycles. The summed E-state index contributed by atoms with van der Waals surface area (Å²) in [4.78, 5) is 38.4. The third kappa shape index (κ3) is 8.14. The van der Waals surface area contributed by atoms with Crippen LogP contribution in [0.4, 0.5) is 4.79 Å². The molecule has 0 radical (unpaired) electrons. The number of amides is 3. The Bertz CT molecular complexity index is 1210. The molecule has 0 spiro atoms. The van der Waals surface area contributed by atoms with Crippen molar-refractivity contribution in [2.24, 2.45) is 0 Å². The molecule has 0 aliphatic carbocycles. The second-order valence-electron chi connectivity index (χ2n) is 9.86. The molecule has 2 N–H and O–H groups in total. The zero-order chi connectivity index (χ0) is 27.8. The monoisotopic (exact) mass is 588 g/mol. The van der Waals surface area contributed by atoms with Crippen molar-refractivity contribution >= 4 is 46.5 Å². The van der Waals surface area contributed by atoms with Crippen LogP contribution in [-0.2, 0) is 13.1 Å². The first-order chi connectivity index (χ1) is 18.8. The summed E-state index contributed by atoms with van der Waals surface area (Å²) in [6.07, 6.45) is 6.07. The van der Waals surface area contributed by atoms with Crippen LogP contribution in [0.1, 0.15) is 53.2 Å². The third-order valence-electron chi connectivity index (χ3n) is 7.17. The molecule has 4 heterocycles. The number of halogens is 2. The minimum Gasteiger partial charge on any atom is -0.352 e. The highest BCUT2D eigenvalue weighted by Gasteiger charge is 2.30. The first kappa shape index (κ1) is 29.3. The number of carbonyl (C=O) groups is 2. The van der Waals surface area contributed by atoms with Gasteiger partial charge in [0.05, 0.1) is 5.56 Å². The molecule has 4 rings (SSSR count). The number of hydrogen-bond donors (Lipinski definition) is 2. The third-order valence-corrected chi connectivity index (χ3v) is 8.37. The van der Waals surface area contributed by atoms with Crippen molar-refractivity contribution in [3.05, 3.63) is 80.0 Å². The number of nitrogens with one attached hydrogen (secondary N) is 2. The molecule has 3 amide bonds. The van der Waals surface area contributed by atoms with E-state index in [0.717, 1.165) is 43.5 Å². The summed E-state index contributed by atoms with van der Waals surface area (Å²) in [6.45, 7) is 7.36. The summed E-state index contributed by atoms with van der Waals surface area (Å²) in [5, 5.41) is 10.6. The van der Waals surface area contributed by atoms with E-state index >= 15 is 0 Å². The summed E-state index contributed by atoms with van der Waals surface area (Å²) in [5.41, 5.74) is 3.23. The molecular formula is C28H34Cl2N6O2S. The predicted molar refractivity (Wildman–Crippen MR) is 156 cm³/mol. The maximum absolute atomic E-state index is 13.3. The number of hydrogen-bond acceptors (Lipinski definition) is 6. The standard InChI is InChI=1S/C28H34Cl2N6O2S/c1-19-15-24(29)34-26(30)25(19)27(37)32-11-3-20(2)35-12-6-23(7-13-35)36(17-22-8-14-39-18-22)28(38)33-16-21-4-9-31-10-5-21/h4-5,8-10,14-15,18,20,23H,3,6-7,11-13,16-17H2,1-2H3,(H,32,37)(H,33,38)/t20-/m1/s1. The van der Waals surface area contributed by atoms with Crippen LogP contribution in [0.25, 0.3) is 0 Å². The van der Waals surface area contributed by atoms with Crippen molar-refractivity contribution in [1.82, 2.24) is 30.4 Å². The number of thiophene rings is 1. The normalized spacial score (nSPS) is 15.1. The molecular weight excluding hydrogens is 555 g/mol. The van der Waals surface area contributed by atoms with E-state index in [1.54, 1.807) is 36.7 Å². The first-order valence-corrected chi connectivity index (χ1v) is 14.8.